The van der Waals surface area contributed by atoms with Gasteiger partial charge in [0.1, 0.15) is 21.1 Å². The van der Waals surface area contributed by atoms with Crippen LogP contribution < -0.4 is 0 Å². The lowest BCUT2D eigenvalue weighted by Crippen LogP contribution is -2.37. The molecular formula is C9H18NO2+. The fourth-order valence-corrected chi connectivity index (χ4v) is 0.710. The van der Waals surface area contributed by atoms with Gasteiger partial charge in [0.05, 0.1) is 0 Å². The summed E-state index contributed by atoms with van der Waals surface area (Å²) in [6.45, 7) is 3.75. The van der Waals surface area contributed by atoms with Crippen LogP contribution in [0.3, 0.4) is 0 Å². The average Bonchev–Trinajstić information content (AvgIpc) is 1.84. The van der Waals surface area contributed by atoms with Crippen LogP contribution in [0.15, 0.2) is 11.6 Å². The molecule has 0 aromatic rings. The van der Waals surface area contributed by atoms with E-state index in [1.54, 1.807) is 28.1 Å². The molecule has 0 unspecified atom stereocenters. The summed E-state index contributed by atoms with van der Waals surface area (Å²) in [5, 5.41) is 0. The highest BCUT2D eigenvalue weighted by atomic mass is 16.7. The smallest absolute Gasteiger partial charge is 0.272 e. The highest BCUT2D eigenvalue weighted by Crippen LogP contribution is 2.02. The summed E-state index contributed by atoms with van der Waals surface area (Å²) in [5.41, 5.74) is 0.672. The molecule has 3 heteroatoms. The maximum absolute atomic E-state index is 11.2. The molecule has 0 radical (unpaired) electrons. The van der Waals surface area contributed by atoms with Gasteiger partial charge in [0.2, 0.25) is 0 Å². The Hall–Kier alpha value is -0.830. The third-order valence-corrected chi connectivity index (χ3v) is 1.19. The number of hydroxylamine groups is 3. The van der Waals surface area contributed by atoms with Crippen LogP contribution in [0.25, 0.3) is 0 Å². The number of nitrogens with zero attached hydrogens (tertiary/aromatic N) is 1. The molecule has 0 atom stereocenters. The van der Waals surface area contributed by atoms with Crippen LogP contribution in [0, 0.1) is 0 Å². The van der Waals surface area contributed by atoms with E-state index in [1.807, 2.05) is 13.0 Å². The Morgan fingerprint density at radius 3 is 2.25 bits per heavy atom. The van der Waals surface area contributed by atoms with Gasteiger partial charge in [-0.1, -0.05) is 13.0 Å². The molecular weight excluding hydrogens is 154 g/mol. The zero-order valence-electron chi connectivity index (χ0n) is 8.55. The van der Waals surface area contributed by atoms with E-state index in [0.29, 0.717) is 5.57 Å². The predicted octanol–water partition coefficient (Wildman–Crippen LogP) is 1.51. The molecule has 0 bridgehead atoms. The van der Waals surface area contributed by atoms with Crippen LogP contribution in [-0.2, 0) is 9.63 Å². The summed E-state index contributed by atoms with van der Waals surface area (Å²) >= 11 is 0. The van der Waals surface area contributed by atoms with Crippen molar-refractivity contribution in [3.63, 3.8) is 0 Å². The molecule has 0 aromatic carbocycles. The molecule has 0 aliphatic heterocycles. The van der Waals surface area contributed by atoms with Gasteiger partial charge < -0.3 is 0 Å². The molecule has 0 heterocycles. The maximum Gasteiger partial charge on any atom is 0.392 e. The lowest BCUT2D eigenvalue weighted by molar-refractivity contribution is -1.04. The molecule has 70 valence electrons. The predicted molar refractivity (Wildman–Crippen MR) is 48.2 cm³/mol. The molecule has 0 saturated heterocycles. The number of hydrogen-bond donors (Lipinski definition) is 0. The molecule has 0 aromatic heterocycles. The first-order chi connectivity index (χ1) is 5.37. The van der Waals surface area contributed by atoms with Crippen LogP contribution in [0.4, 0.5) is 0 Å². The van der Waals surface area contributed by atoms with Gasteiger partial charge in [-0.3, -0.25) is 4.84 Å². The van der Waals surface area contributed by atoms with Crippen LogP contribution in [-0.4, -0.2) is 31.8 Å². The van der Waals surface area contributed by atoms with Crippen molar-refractivity contribution < 1.29 is 14.3 Å². The van der Waals surface area contributed by atoms with Gasteiger partial charge in [0.15, 0.2) is 0 Å². The minimum atomic E-state index is -0.246. The van der Waals surface area contributed by atoms with Crippen LogP contribution in [0.1, 0.15) is 20.3 Å². The standard InChI is InChI=1S/C9H18NO2/c1-6-7-8(2)9(11)12-10(3,4)5/h7H,6H2,1-5H3/q+1/b8-7+. The Balaban J connectivity index is 4.15. The van der Waals surface area contributed by atoms with E-state index in [2.05, 4.69) is 0 Å². The number of quaternary nitrogens is 1. The Labute approximate surface area is 74.2 Å². The molecule has 0 fully saturated rings. The van der Waals surface area contributed by atoms with Gasteiger partial charge in [0, 0.05) is 5.57 Å². The van der Waals surface area contributed by atoms with Crippen molar-refractivity contribution in [2.75, 3.05) is 21.1 Å². The molecule has 0 aliphatic rings. The fraction of sp³-hybridized carbons (Fsp3) is 0.667. The van der Waals surface area contributed by atoms with E-state index in [1.165, 1.54) is 0 Å². The van der Waals surface area contributed by atoms with E-state index in [0.717, 1.165) is 6.42 Å². The molecule has 0 saturated carbocycles. The summed E-state index contributed by atoms with van der Waals surface area (Å²) in [5.74, 6) is -0.246. The van der Waals surface area contributed by atoms with Gasteiger partial charge in [-0.15, -0.1) is 4.65 Å². The number of allylic oxidation sites excluding steroid dienone is 1. The van der Waals surface area contributed by atoms with Crippen molar-refractivity contribution in [1.82, 2.24) is 0 Å². The first-order valence-electron chi connectivity index (χ1n) is 4.09. The summed E-state index contributed by atoms with van der Waals surface area (Å²) in [4.78, 5) is 16.3. The van der Waals surface area contributed by atoms with E-state index in [9.17, 15) is 4.79 Å². The SMILES string of the molecule is CC/C=C(\C)C(=O)O[N+](C)(C)C. The van der Waals surface area contributed by atoms with Crippen LogP contribution >= 0.6 is 0 Å². The quantitative estimate of drug-likeness (QED) is 0.366. The zero-order valence-corrected chi connectivity index (χ0v) is 8.55. The molecule has 3 nitrogen and oxygen atoms in total. The average molecular weight is 172 g/mol. The summed E-state index contributed by atoms with van der Waals surface area (Å²) in [6, 6.07) is 0. The minimum absolute atomic E-state index is 0.202. The number of hydrogen-bond acceptors (Lipinski definition) is 2. The topological polar surface area (TPSA) is 26.3 Å². The minimum Gasteiger partial charge on any atom is -0.272 e. The number of carbonyl (C=O) groups is 1. The van der Waals surface area contributed by atoms with Gasteiger partial charge in [-0.25, -0.2) is 4.79 Å². The van der Waals surface area contributed by atoms with Crippen molar-refractivity contribution >= 4 is 5.97 Å². The highest BCUT2D eigenvalue weighted by Gasteiger charge is 2.16. The van der Waals surface area contributed by atoms with Gasteiger partial charge in [0.25, 0.3) is 0 Å². The van der Waals surface area contributed by atoms with E-state index < -0.39 is 0 Å². The van der Waals surface area contributed by atoms with Crippen LogP contribution in [0.5, 0.6) is 0 Å². The van der Waals surface area contributed by atoms with Gasteiger partial charge in [-0.05, 0) is 13.3 Å². The van der Waals surface area contributed by atoms with Crippen molar-refractivity contribution in [2.24, 2.45) is 0 Å². The third kappa shape index (κ3) is 4.91. The van der Waals surface area contributed by atoms with Crippen molar-refractivity contribution in [3.05, 3.63) is 11.6 Å². The third-order valence-electron chi connectivity index (χ3n) is 1.19. The van der Waals surface area contributed by atoms with Crippen LogP contribution in [0.2, 0.25) is 0 Å². The van der Waals surface area contributed by atoms with Crippen molar-refractivity contribution in [2.45, 2.75) is 20.3 Å². The maximum atomic E-state index is 11.2. The second-order valence-electron chi connectivity index (χ2n) is 3.56. The number of rotatable bonds is 3. The molecule has 0 spiro atoms. The number of carbonyl (C=O) groups excluding carboxylic acids is 1. The van der Waals surface area contributed by atoms with E-state index >= 15 is 0 Å². The van der Waals surface area contributed by atoms with Crippen molar-refractivity contribution in [1.29, 1.82) is 0 Å². The lowest BCUT2D eigenvalue weighted by atomic mass is 10.2. The molecule has 0 aliphatic carbocycles. The second-order valence-corrected chi connectivity index (χ2v) is 3.56. The lowest BCUT2D eigenvalue weighted by Gasteiger charge is -2.20. The first-order valence-corrected chi connectivity index (χ1v) is 4.09. The normalized spacial score (nSPS) is 12.9. The fourth-order valence-electron chi connectivity index (χ4n) is 0.710. The Morgan fingerprint density at radius 1 is 1.42 bits per heavy atom. The Morgan fingerprint density at radius 2 is 1.92 bits per heavy atom. The summed E-state index contributed by atoms with van der Waals surface area (Å²) in [6.07, 6.45) is 2.72. The Bertz CT molecular complexity index is 189. The van der Waals surface area contributed by atoms with Crippen molar-refractivity contribution in [3.8, 4) is 0 Å². The van der Waals surface area contributed by atoms with E-state index in [4.69, 9.17) is 4.84 Å². The summed E-state index contributed by atoms with van der Waals surface area (Å²) in [7, 11) is 5.41. The monoisotopic (exact) mass is 172 g/mol. The zero-order chi connectivity index (χ0) is 9.78. The van der Waals surface area contributed by atoms with E-state index in [-0.39, 0.29) is 10.6 Å². The summed E-state index contributed by atoms with van der Waals surface area (Å²) < 4.78 is 0.202. The molecule has 0 amide bonds. The molecule has 0 rings (SSSR count). The van der Waals surface area contributed by atoms with Gasteiger partial charge >= 0.3 is 5.97 Å². The molecule has 12 heavy (non-hydrogen) atoms. The Kier molecular flexibility index (Phi) is 3.96. The second kappa shape index (κ2) is 4.26. The first kappa shape index (κ1) is 11.2. The highest BCUT2D eigenvalue weighted by molar-refractivity contribution is 5.87. The van der Waals surface area contributed by atoms with Gasteiger partial charge in [-0.2, -0.15) is 0 Å². The molecule has 0 N–H and O–H groups in total. The largest absolute Gasteiger partial charge is 0.392 e.